The fourth-order valence-corrected chi connectivity index (χ4v) is 4.19. The SMILES string of the molecule is CCOC(=O)C[C@H]1c2cc(OC)c(OC)cc2CCN1CC(=O)Nc1ccc(OC)c(OC)c1. The summed E-state index contributed by atoms with van der Waals surface area (Å²) in [6.07, 6.45) is 0.832. The lowest BCUT2D eigenvalue weighted by Gasteiger charge is -2.37. The number of nitrogens with one attached hydrogen (secondary N) is 1. The van der Waals surface area contributed by atoms with Gasteiger partial charge in [-0.05, 0) is 48.7 Å². The lowest BCUT2D eigenvalue weighted by Crippen LogP contribution is -2.41. The fraction of sp³-hybridized carbons (Fsp3) is 0.440. The molecule has 2 aromatic carbocycles. The number of nitrogens with zero attached hydrogens (tertiary/aromatic N) is 1. The molecule has 1 amide bonds. The van der Waals surface area contributed by atoms with E-state index >= 15 is 0 Å². The summed E-state index contributed by atoms with van der Waals surface area (Å²) in [7, 11) is 6.26. The van der Waals surface area contributed by atoms with Crippen LogP contribution in [0.4, 0.5) is 5.69 Å². The van der Waals surface area contributed by atoms with Gasteiger partial charge >= 0.3 is 5.97 Å². The van der Waals surface area contributed by atoms with Crippen LogP contribution < -0.4 is 24.3 Å². The number of esters is 1. The van der Waals surface area contributed by atoms with Crippen molar-refractivity contribution in [1.82, 2.24) is 4.90 Å². The van der Waals surface area contributed by atoms with Crippen molar-refractivity contribution in [2.45, 2.75) is 25.8 Å². The summed E-state index contributed by atoms with van der Waals surface area (Å²) < 4.78 is 26.7. The van der Waals surface area contributed by atoms with E-state index < -0.39 is 0 Å². The summed E-state index contributed by atoms with van der Waals surface area (Å²) in [5.41, 5.74) is 2.58. The molecule has 1 aliphatic heterocycles. The maximum atomic E-state index is 12.9. The molecule has 0 unspecified atom stereocenters. The molecule has 9 nitrogen and oxygen atoms in total. The van der Waals surface area contributed by atoms with Gasteiger partial charge in [-0.1, -0.05) is 0 Å². The normalized spacial score (nSPS) is 15.1. The Labute approximate surface area is 199 Å². The Morgan fingerprint density at radius 1 is 0.941 bits per heavy atom. The molecule has 0 aliphatic carbocycles. The van der Waals surface area contributed by atoms with E-state index in [9.17, 15) is 9.59 Å². The average Bonchev–Trinajstić information content (AvgIpc) is 2.84. The third-order valence-electron chi connectivity index (χ3n) is 5.79. The highest BCUT2D eigenvalue weighted by atomic mass is 16.5. The van der Waals surface area contributed by atoms with Crippen LogP contribution in [0.15, 0.2) is 30.3 Å². The van der Waals surface area contributed by atoms with Gasteiger partial charge in [-0.3, -0.25) is 14.5 Å². The van der Waals surface area contributed by atoms with E-state index in [0.717, 1.165) is 11.1 Å². The molecule has 1 atom stereocenters. The second-order valence-electron chi connectivity index (χ2n) is 7.77. The summed E-state index contributed by atoms with van der Waals surface area (Å²) in [5, 5.41) is 2.90. The molecule has 0 fully saturated rings. The average molecular weight is 473 g/mol. The number of benzene rings is 2. The van der Waals surface area contributed by atoms with E-state index in [1.807, 2.05) is 17.0 Å². The van der Waals surface area contributed by atoms with Crippen LogP contribution in [-0.4, -0.2) is 64.9 Å². The lowest BCUT2D eigenvalue weighted by molar-refractivity contribution is -0.145. The first-order chi connectivity index (χ1) is 16.4. The second-order valence-corrected chi connectivity index (χ2v) is 7.77. The van der Waals surface area contributed by atoms with Gasteiger partial charge in [0.15, 0.2) is 23.0 Å². The van der Waals surface area contributed by atoms with Gasteiger partial charge in [0.25, 0.3) is 0 Å². The van der Waals surface area contributed by atoms with E-state index in [4.69, 9.17) is 23.7 Å². The zero-order chi connectivity index (χ0) is 24.7. The van der Waals surface area contributed by atoms with Crippen LogP contribution in [0, 0.1) is 0 Å². The molecule has 0 spiro atoms. The largest absolute Gasteiger partial charge is 0.493 e. The summed E-state index contributed by atoms with van der Waals surface area (Å²) in [6, 6.07) is 8.67. The van der Waals surface area contributed by atoms with E-state index in [-0.39, 0.29) is 30.9 Å². The number of rotatable bonds is 10. The summed E-state index contributed by atoms with van der Waals surface area (Å²) in [5.74, 6) is 1.79. The number of ether oxygens (including phenoxy) is 5. The van der Waals surface area contributed by atoms with E-state index in [2.05, 4.69) is 5.32 Å². The Balaban J connectivity index is 1.83. The molecule has 0 radical (unpaired) electrons. The maximum absolute atomic E-state index is 12.9. The first kappa shape index (κ1) is 25.2. The molecule has 0 bridgehead atoms. The van der Waals surface area contributed by atoms with Crippen LogP contribution >= 0.6 is 0 Å². The molecule has 0 saturated carbocycles. The first-order valence-corrected chi connectivity index (χ1v) is 11.1. The summed E-state index contributed by atoms with van der Waals surface area (Å²) >= 11 is 0. The van der Waals surface area contributed by atoms with Gasteiger partial charge in [0, 0.05) is 24.3 Å². The van der Waals surface area contributed by atoms with Crippen LogP contribution in [0.25, 0.3) is 0 Å². The molecule has 0 saturated heterocycles. The smallest absolute Gasteiger partial charge is 0.307 e. The minimum Gasteiger partial charge on any atom is -0.493 e. The highest BCUT2D eigenvalue weighted by Crippen LogP contribution is 2.39. The topological polar surface area (TPSA) is 95.6 Å². The van der Waals surface area contributed by atoms with Gasteiger partial charge in [-0.2, -0.15) is 0 Å². The van der Waals surface area contributed by atoms with E-state index in [1.165, 1.54) is 7.11 Å². The van der Waals surface area contributed by atoms with Crippen molar-refractivity contribution in [3.05, 3.63) is 41.5 Å². The Morgan fingerprint density at radius 3 is 2.24 bits per heavy atom. The van der Waals surface area contributed by atoms with Crippen LogP contribution in [0.1, 0.15) is 30.5 Å². The molecule has 1 aliphatic rings. The molecule has 184 valence electrons. The fourth-order valence-electron chi connectivity index (χ4n) is 4.19. The van der Waals surface area contributed by atoms with Crippen LogP contribution in [0.2, 0.25) is 0 Å². The highest BCUT2D eigenvalue weighted by molar-refractivity contribution is 5.92. The number of carbonyl (C=O) groups is 2. The standard InChI is InChI=1S/C25H32N2O7/c1-6-34-25(29)14-19-18-13-23(33-5)21(31-3)11-16(18)9-10-27(19)15-24(28)26-17-7-8-20(30-2)22(12-17)32-4/h7-8,11-13,19H,6,9-10,14-15H2,1-5H3,(H,26,28)/t19-/m0/s1. The number of hydrogen-bond acceptors (Lipinski definition) is 8. The van der Waals surface area contributed by atoms with E-state index in [1.54, 1.807) is 46.5 Å². The highest BCUT2D eigenvalue weighted by Gasteiger charge is 2.32. The number of methoxy groups -OCH3 is 4. The van der Waals surface area contributed by atoms with Gasteiger partial charge in [-0.25, -0.2) is 0 Å². The molecule has 9 heteroatoms. The van der Waals surface area contributed by atoms with Crippen molar-refractivity contribution in [3.8, 4) is 23.0 Å². The predicted octanol–water partition coefficient (Wildman–Crippen LogP) is 3.21. The predicted molar refractivity (Wildman–Crippen MR) is 127 cm³/mol. The molecule has 34 heavy (non-hydrogen) atoms. The van der Waals surface area contributed by atoms with Crippen molar-refractivity contribution in [1.29, 1.82) is 0 Å². The molecular formula is C25H32N2O7. The van der Waals surface area contributed by atoms with Crippen molar-refractivity contribution < 1.29 is 33.3 Å². The van der Waals surface area contributed by atoms with Gasteiger partial charge in [0.2, 0.25) is 5.91 Å². The lowest BCUT2D eigenvalue weighted by atomic mass is 9.90. The minimum atomic E-state index is -0.334. The number of fused-ring (bicyclic) bond motifs is 1. The number of hydrogen-bond donors (Lipinski definition) is 1. The van der Waals surface area contributed by atoms with E-state index in [0.29, 0.717) is 48.3 Å². The molecule has 1 heterocycles. The molecule has 1 N–H and O–H groups in total. The van der Waals surface area contributed by atoms with Crippen LogP contribution in [-0.2, 0) is 20.7 Å². The molecular weight excluding hydrogens is 440 g/mol. The van der Waals surface area contributed by atoms with Crippen molar-refractivity contribution in [2.75, 3.05) is 53.5 Å². The summed E-state index contributed by atoms with van der Waals surface area (Å²) in [6.45, 7) is 2.77. The van der Waals surface area contributed by atoms with Gasteiger partial charge in [0.1, 0.15) is 0 Å². The second kappa shape index (κ2) is 11.6. The quantitative estimate of drug-likeness (QED) is 0.527. The minimum absolute atomic E-state index is 0.103. The number of anilines is 1. The Hall–Kier alpha value is -3.46. The molecule has 0 aromatic heterocycles. The molecule has 2 aromatic rings. The number of carbonyl (C=O) groups excluding carboxylic acids is 2. The Kier molecular flexibility index (Phi) is 8.59. The van der Waals surface area contributed by atoms with Gasteiger partial charge in [-0.15, -0.1) is 0 Å². The monoisotopic (exact) mass is 472 g/mol. The van der Waals surface area contributed by atoms with Gasteiger partial charge < -0.3 is 29.0 Å². The van der Waals surface area contributed by atoms with Crippen LogP contribution in [0.3, 0.4) is 0 Å². The molecule has 3 rings (SSSR count). The van der Waals surface area contributed by atoms with Crippen LogP contribution in [0.5, 0.6) is 23.0 Å². The van der Waals surface area contributed by atoms with Crippen molar-refractivity contribution in [2.24, 2.45) is 0 Å². The van der Waals surface area contributed by atoms with Crippen molar-refractivity contribution in [3.63, 3.8) is 0 Å². The van der Waals surface area contributed by atoms with Crippen molar-refractivity contribution >= 4 is 17.6 Å². The zero-order valence-corrected chi connectivity index (χ0v) is 20.3. The zero-order valence-electron chi connectivity index (χ0n) is 20.3. The summed E-state index contributed by atoms with van der Waals surface area (Å²) in [4.78, 5) is 27.3. The third-order valence-corrected chi connectivity index (χ3v) is 5.79. The Bertz CT molecular complexity index is 1020. The number of amides is 1. The Morgan fingerprint density at radius 2 is 1.59 bits per heavy atom. The maximum Gasteiger partial charge on any atom is 0.307 e. The first-order valence-electron chi connectivity index (χ1n) is 11.1. The van der Waals surface area contributed by atoms with Gasteiger partial charge in [0.05, 0.1) is 48.0 Å². The third kappa shape index (κ3) is 5.72.